The minimum absolute atomic E-state index is 0.231. The molecule has 0 aromatic rings. The molecule has 1 saturated heterocycles. The Morgan fingerprint density at radius 2 is 2.05 bits per heavy atom. The van der Waals surface area contributed by atoms with Gasteiger partial charge in [-0.3, -0.25) is 9.69 Å². The van der Waals surface area contributed by atoms with Crippen LogP contribution in [0, 0.1) is 5.41 Å². The minimum atomic E-state index is -2.98. The summed E-state index contributed by atoms with van der Waals surface area (Å²) < 4.78 is 23.3. The van der Waals surface area contributed by atoms with Crippen molar-refractivity contribution in [2.24, 2.45) is 5.41 Å². The predicted molar refractivity (Wildman–Crippen MR) is 72.8 cm³/mol. The maximum absolute atomic E-state index is 11.7. The zero-order chi connectivity index (χ0) is 14.3. The minimum Gasteiger partial charge on any atom is -0.481 e. The second kappa shape index (κ2) is 5.05. The molecule has 0 aromatic heterocycles. The Kier molecular flexibility index (Phi) is 3.93. The molecule has 2 rings (SSSR count). The fourth-order valence-corrected chi connectivity index (χ4v) is 4.49. The number of carbonyl (C=O) groups is 1. The Balaban J connectivity index is 2.02. The van der Waals surface area contributed by atoms with Crippen LogP contribution in [0.4, 0.5) is 0 Å². The van der Waals surface area contributed by atoms with Gasteiger partial charge in [-0.05, 0) is 39.2 Å². The summed E-state index contributed by atoms with van der Waals surface area (Å²) in [6.07, 6.45) is 5.28. The van der Waals surface area contributed by atoms with Gasteiger partial charge in [-0.2, -0.15) is 0 Å². The molecule has 0 amide bonds. The SMILES string of the molecule is CC1(C(=O)O)CCN(C2CCCC(S(C)(=O)=O)C2)C1. The van der Waals surface area contributed by atoms with Gasteiger partial charge >= 0.3 is 5.97 Å². The average molecular weight is 289 g/mol. The highest BCUT2D eigenvalue weighted by atomic mass is 32.2. The van der Waals surface area contributed by atoms with Crippen molar-refractivity contribution < 1.29 is 18.3 Å². The molecule has 1 saturated carbocycles. The van der Waals surface area contributed by atoms with E-state index in [1.807, 2.05) is 0 Å². The van der Waals surface area contributed by atoms with Gasteiger partial charge in [0.1, 0.15) is 9.84 Å². The summed E-state index contributed by atoms with van der Waals surface area (Å²) in [4.78, 5) is 13.4. The molecule has 3 unspecified atom stereocenters. The van der Waals surface area contributed by atoms with E-state index in [0.29, 0.717) is 19.4 Å². The lowest BCUT2D eigenvalue weighted by atomic mass is 9.89. The van der Waals surface area contributed by atoms with Crippen LogP contribution in [0.5, 0.6) is 0 Å². The number of hydrogen-bond acceptors (Lipinski definition) is 4. The Labute approximate surface area is 114 Å². The number of nitrogens with zero attached hydrogens (tertiary/aromatic N) is 1. The lowest BCUT2D eigenvalue weighted by Gasteiger charge is -2.35. The third-order valence-corrected chi connectivity index (χ3v) is 6.38. The summed E-state index contributed by atoms with van der Waals surface area (Å²) in [7, 11) is -2.98. The standard InChI is InChI=1S/C13H23NO4S/c1-13(12(15)16)6-7-14(9-13)10-4-3-5-11(8-10)19(2,17)18/h10-11H,3-9H2,1-2H3,(H,15,16). The second-order valence-corrected chi connectivity index (χ2v) is 8.68. The monoisotopic (exact) mass is 289 g/mol. The summed E-state index contributed by atoms with van der Waals surface area (Å²) >= 11 is 0. The third-order valence-electron chi connectivity index (χ3n) is 4.74. The summed E-state index contributed by atoms with van der Waals surface area (Å²) in [6, 6.07) is 0.231. The van der Waals surface area contributed by atoms with Crippen LogP contribution in [0.1, 0.15) is 39.0 Å². The number of aliphatic carboxylic acids is 1. The van der Waals surface area contributed by atoms with Gasteiger partial charge in [0.2, 0.25) is 0 Å². The number of rotatable bonds is 3. The van der Waals surface area contributed by atoms with Gasteiger partial charge < -0.3 is 5.11 Å². The van der Waals surface area contributed by atoms with E-state index in [1.165, 1.54) is 6.26 Å². The van der Waals surface area contributed by atoms with E-state index in [9.17, 15) is 18.3 Å². The molecule has 2 fully saturated rings. The Bertz CT molecular complexity index is 461. The normalized spacial score (nSPS) is 37.4. The van der Waals surface area contributed by atoms with Crippen LogP contribution in [0.15, 0.2) is 0 Å². The molecule has 0 bridgehead atoms. The van der Waals surface area contributed by atoms with Crippen molar-refractivity contribution in [3.05, 3.63) is 0 Å². The van der Waals surface area contributed by atoms with Gasteiger partial charge in [0, 0.05) is 18.8 Å². The maximum atomic E-state index is 11.7. The summed E-state index contributed by atoms with van der Waals surface area (Å²) in [5.74, 6) is -0.745. The first-order valence-corrected chi connectivity index (χ1v) is 8.84. The molecule has 1 N–H and O–H groups in total. The van der Waals surface area contributed by atoms with E-state index in [-0.39, 0.29) is 11.3 Å². The molecule has 3 atom stereocenters. The van der Waals surface area contributed by atoms with E-state index in [2.05, 4.69) is 4.90 Å². The molecule has 1 heterocycles. The molecule has 110 valence electrons. The van der Waals surface area contributed by atoms with E-state index < -0.39 is 21.2 Å². The Morgan fingerprint density at radius 1 is 1.37 bits per heavy atom. The van der Waals surface area contributed by atoms with Gasteiger partial charge in [0.05, 0.1) is 10.7 Å². The van der Waals surface area contributed by atoms with Gasteiger partial charge in [-0.15, -0.1) is 0 Å². The molecule has 6 heteroatoms. The van der Waals surface area contributed by atoms with Crippen molar-refractivity contribution in [3.8, 4) is 0 Å². The van der Waals surface area contributed by atoms with Crippen molar-refractivity contribution in [3.63, 3.8) is 0 Å². The first-order valence-electron chi connectivity index (χ1n) is 6.89. The quantitative estimate of drug-likeness (QED) is 0.843. The van der Waals surface area contributed by atoms with Crippen molar-refractivity contribution in [1.29, 1.82) is 0 Å². The van der Waals surface area contributed by atoms with Crippen LogP contribution >= 0.6 is 0 Å². The number of hydrogen-bond donors (Lipinski definition) is 1. The van der Waals surface area contributed by atoms with Gasteiger partial charge in [0.15, 0.2) is 0 Å². The first kappa shape index (κ1) is 14.8. The van der Waals surface area contributed by atoms with E-state index in [4.69, 9.17) is 0 Å². The lowest BCUT2D eigenvalue weighted by Crippen LogP contribution is -2.42. The first-order chi connectivity index (χ1) is 8.72. The van der Waals surface area contributed by atoms with Gasteiger partial charge in [-0.1, -0.05) is 6.42 Å². The fraction of sp³-hybridized carbons (Fsp3) is 0.923. The Hall–Kier alpha value is -0.620. The Morgan fingerprint density at radius 3 is 2.58 bits per heavy atom. The molecule has 1 aliphatic carbocycles. The maximum Gasteiger partial charge on any atom is 0.310 e. The third kappa shape index (κ3) is 3.11. The summed E-state index contributed by atoms with van der Waals surface area (Å²) in [5.41, 5.74) is -0.669. The van der Waals surface area contributed by atoms with Gasteiger partial charge in [-0.25, -0.2) is 8.42 Å². The molecule has 1 aliphatic heterocycles. The van der Waals surface area contributed by atoms with E-state index >= 15 is 0 Å². The zero-order valence-electron chi connectivity index (χ0n) is 11.6. The predicted octanol–water partition coefficient (Wildman–Crippen LogP) is 1.14. The smallest absolute Gasteiger partial charge is 0.310 e. The topological polar surface area (TPSA) is 74.7 Å². The van der Waals surface area contributed by atoms with Crippen LogP contribution in [0.3, 0.4) is 0 Å². The molecular formula is C13H23NO4S. The van der Waals surface area contributed by atoms with Gasteiger partial charge in [0.25, 0.3) is 0 Å². The second-order valence-electron chi connectivity index (χ2n) is 6.36. The molecule has 5 nitrogen and oxygen atoms in total. The van der Waals surface area contributed by atoms with Crippen LogP contribution in [-0.2, 0) is 14.6 Å². The van der Waals surface area contributed by atoms with Crippen LogP contribution in [0.25, 0.3) is 0 Å². The number of carboxylic acid groups (broad SMARTS) is 1. The highest BCUT2D eigenvalue weighted by Gasteiger charge is 2.43. The number of sulfone groups is 1. The lowest BCUT2D eigenvalue weighted by molar-refractivity contribution is -0.147. The highest BCUT2D eigenvalue weighted by Crippen LogP contribution is 2.35. The van der Waals surface area contributed by atoms with Crippen LogP contribution < -0.4 is 0 Å². The van der Waals surface area contributed by atoms with E-state index in [1.54, 1.807) is 6.92 Å². The number of likely N-dealkylation sites (tertiary alicyclic amines) is 1. The molecule has 19 heavy (non-hydrogen) atoms. The summed E-state index contributed by atoms with van der Waals surface area (Å²) in [6.45, 7) is 3.10. The largest absolute Gasteiger partial charge is 0.481 e. The molecule has 0 radical (unpaired) electrons. The van der Waals surface area contributed by atoms with Crippen LogP contribution in [-0.4, -0.2) is 55.0 Å². The zero-order valence-corrected chi connectivity index (χ0v) is 12.4. The van der Waals surface area contributed by atoms with Crippen LogP contribution in [0.2, 0.25) is 0 Å². The molecule has 0 aromatic carbocycles. The number of carboxylic acids is 1. The van der Waals surface area contributed by atoms with Crippen molar-refractivity contribution in [2.75, 3.05) is 19.3 Å². The summed E-state index contributed by atoms with van der Waals surface area (Å²) in [5, 5.41) is 9.00. The molecular weight excluding hydrogens is 266 g/mol. The molecule has 0 spiro atoms. The van der Waals surface area contributed by atoms with E-state index in [0.717, 1.165) is 25.8 Å². The average Bonchev–Trinajstić information content (AvgIpc) is 2.73. The van der Waals surface area contributed by atoms with Crippen molar-refractivity contribution in [2.45, 2.75) is 50.3 Å². The van der Waals surface area contributed by atoms with Crippen molar-refractivity contribution >= 4 is 15.8 Å². The van der Waals surface area contributed by atoms with Crippen molar-refractivity contribution in [1.82, 2.24) is 4.90 Å². The fourth-order valence-electron chi connectivity index (χ4n) is 3.32. The molecule has 2 aliphatic rings. The highest BCUT2D eigenvalue weighted by molar-refractivity contribution is 7.91.